The summed E-state index contributed by atoms with van der Waals surface area (Å²) < 4.78 is 0.186. The van der Waals surface area contributed by atoms with E-state index in [0.717, 1.165) is 0 Å². The van der Waals surface area contributed by atoms with Crippen molar-refractivity contribution in [3.05, 3.63) is 0 Å². The number of aliphatic hydroxyl groups excluding tert-OH is 2. The molecule has 0 aliphatic heterocycles. The van der Waals surface area contributed by atoms with E-state index in [1.807, 2.05) is 0 Å². The zero-order chi connectivity index (χ0) is 19.0. The minimum atomic E-state index is -0.529. The highest BCUT2D eigenvalue weighted by Gasteiger charge is 2.17. The Morgan fingerprint density at radius 3 is 1.33 bits per heavy atom. The van der Waals surface area contributed by atoms with Crippen LogP contribution in [-0.4, -0.2) is 84.7 Å². The summed E-state index contributed by atoms with van der Waals surface area (Å²) in [5.74, 6) is -0.453. The van der Waals surface area contributed by atoms with Crippen LogP contribution in [0.2, 0.25) is 0 Å². The Morgan fingerprint density at radius 2 is 1.08 bits per heavy atom. The normalized spacial score (nSPS) is 17.0. The van der Waals surface area contributed by atoms with Crippen LogP contribution in [0.5, 0.6) is 0 Å². The third-order valence-corrected chi connectivity index (χ3v) is 3.22. The van der Waals surface area contributed by atoms with Gasteiger partial charge in [-0.15, -0.1) is 10.2 Å². The van der Waals surface area contributed by atoms with Gasteiger partial charge in [-0.3, -0.25) is 0 Å². The minimum Gasteiger partial charge on any atom is -0.858 e. The fourth-order valence-electron chi connectivity index (χ4n) is 2.63. The maximum absolute atomic E-state index is 11.8. The molecule has 142 valence electrons. The van der Waals surface area contributed by atoms with Crippen LogP contribution in [0.4, 0.5) is 0 Å². The molecule has 0 bridgehead atoms. The highest BCUT2D eigenvalue weighted by Crippen LogP contribution is 2.06. The fraction of sp³-hybridized carbons (Fsp3) is 0.875. The van der Waals surface area contributed by atoms with Crippen LogP contribution in [0.3, 0.4) is 0 Å². The van der Waals surface area contributed by atoms with Gasteiger partial charge in [0.15, 0.2) is 0 Å². The first-order valence-electron chi connectivity index (χ1n) is 8.37. The third kappa shape index (κ3) is 12.2. The number of hydrogen-bond acceptors (Lipinski definition) is 6. The molecule has 0 aliphatic rings. The molecule has 8 nitrogen and oxygen atoms in total. The van der Waals surface area contributed by atoms with Crippen molar-refractivity contribution in [2.45, 2.75) is 51.7 Å². The molecule has 0 saturated carbocycles. The summed E-state index contributed by atoms with van der Waals surface area (Å²) in [6.07, 6.45) is 0.642. The number of aliphatic hydroxyl groups is 2. The van der Waals surface area contributed by atoms with Gasteiger partial charge in [0.05, 0.1) is 28.2 Å². The van der Waals surface area contributed by atoms with Gasteiger partial charge in [-0.05, 0) is 39.5 Å². The molecule has 0 amide bonds. The van der Waals surface area contributed by atoms with Gasteiger partial charge in [0.1, 0.15) is 25.3 Å². The molecular weight excluding hydrogens is 312 g/mol. The van der Waals surface area contributed by atoms with Gasteiger partial charge < -0.3 is 20.4 Å². The van der Waals surface area contributed by atoms with Crippen molar-refractivity contribution >= 4 is 11.8 Å². The molecule has 0 spiro atoms. The summed E-state index contributed by atoms with van der Waals surface area (Å²) in [6.45, 7) is 4.07. The number of nitrogens with zero attached hydrogens (tertiary/aromatic N) is 4. The number of likely N-dealkylation sites (N-methyl/N-ethyl adjacent to an activating group) is 2. The molecule has 8 heteroatoms. The lowest BCUT2D eigenvalue weighted by Crippen LogP contribution is -2.42. The van der Waals surface area contributed by atoms with Crippen molar-refractivity contribution in [1.29, 1.82) is 0 Å². The zero-order valence-electron chi connectivity index (χ0n) is 15.9. The summed E-state index contributed by atoms with van der Waals surface area (Å²) in [5.41, 5.74) is 0. The third-order valence-electron chi connectivity index (χ3n) is 3.22. The van der Waals surface area contributed by atoms with Gasteiger partial charge >= 0.3 is 0 Å². The van der Waals surface area contributed by atoms with Crippen LogP contribution in [0.25, 0.3) is 0 Å². The maximum Gasteiger partial charge on any atom is 0.128 e. The van der Waals surface area contributed by atoms with Crippen molar-refractivity contribution in [2.24, 2.45) is 10.2 Å². The van der Waals surface area contributed by atoms with E-state index < -0.39 is 12.2 Å². The Kier molecular flexibility index (Phi) is 9.42. The van der Waals surface area contributed by atoms with E-state index in [2.05, 4.69) is 10.2 Å². The Balaban J connectivity index is 4.29. The van der Waals surface area contributed by atoms with Crippen molar-refractivity contribution in [1.82, 2.24) is 0 Å². The molecule has 2 atom stereocenters. The summed E-state index contributed by atoms with van der Waals surface area (Å²) >= 11 is 0. The average Bonchev–Trinajstić information content (AvgIpc) is 2.29. The Morgan fingerprint density at radius 1 is 0.792 bits per heavy atom. The monoisotopic (exact) mass is 346 g/mol. The van der Waals surface area contributed by atoms with Crippen LogP contribution in [0.15, 0.2) is 10.2 Å². The number of hydrogen-bond donors (Lipinski definition) is 2. The van der Waals surface area contributed by atoms with E-state index in [4.69, 9.17) is 0 Å². The SMILES string of the molecule is CC(O)C[N+](C)(C)N=C([O-])CCCC/C([O-])=N/[N+](C)(C)CC(C)O. The highest BCUT2D eigenvalue weighted by molar-refractivity contribution is 5.71. The van der Waals surface area contributed by atoms with Gasteiger partial charge in [0.25, 0.3) is 0 Å². The maximum atomic E-state index is 11.8. The lowest BCUT2D eigenvalue weighted by atomic mass is 10.2. The number of quaternary nitrogens is 2. The van der Waals surface area contributed by atoms with Crippen LogP contribution >= 0.6 is 0 Å². The van der Waals surface area contributed by atoms with E-state index in [0.29, 0.717) is 25.9 Å². The lowest BCUT2D eigenvalue weighted by Gasteiger charge is -2.27. The number of rotatable bonds is 11. The van der Waals surface area contributed by atoms with E-state index in [1.54, 1.807) is 42.0 Å². The second-order valence-corrected chi connectivity index (χ2v) is 7.50. The largest absolute Gasteiger partial charge is 0.858 e. The molecule has 0 aromatic rings. The smallest absolute Gasteiger partial charge is 0.128 e. The first kappa shape index (κ1) is 22.8. The molecule has 0 aliphatic carbocycles. The van der Waals surface area contributed by atoms with Crippen LogP contribution in [0, 0.1) is 0 Å². The molecule has 2 unspecified atom stereocenters. The Labute approximate surface area is 145 Å². The Bertz CT molecular complexity index is 392. The molecule has 0 radical (unpaired) electrons. The van der Waals surface area contributed by atoms with Crippen LogP contribution in [0.1, 0.15) is 39.5 Å². The second kappa shape index (κ2) is 9.93. The van der Waals surface area contributed by atoms with Gasteiger partial charge in [-0.1, -0.05) is 0 Å². The summed E-state index contributed by atoms with van der Waals surface area (Å²) in [7, 11) is 7.04. The fourth-order valence-corrected chi connectivity index (χ4v) is 2.63. The van der Waals surface area contributed by atoms with Gasteiger partial charge in [0, 0.05) is 11.8 Å². The predicted octanol–water partition coefficient (Wildman–Crippen LogP) is -1.19. The first-order chi connectivity index (χ1) is 10.8. The van der Waals surface area contributed by atoms with Gasteiger partial charge in [-0.25, -0.2) is 9.18 Å². The summed E-state index contributed by atoms with van der Waals surface area (Å²) in [6, 6.07) is 0. The first-order valence-corrected chi connectivity index (χ1v) is 8.37. The van der Waals surface area contributed by atoms with Crippen LogP contribution < -0.4 is 10.2 Å². The molecule has 0 aromatic heterocycles. The standard InChI is InChI=1S/C16H34N4O4/c1-13(21)11-19(3,4)17-15(23)9-7-8-10-16(24)18-20(5,6)12-14(2)22/h13-14,21-22H,7-12H2,1-6H3. The molecule has 2 N–H and O–H groups in total. The summed E-state index contributed by atoms with van der Waals surface area (Å²) in [5, 5.41) is 50.5. The minimum absolute atomic E-state index is 0.0930. The molecule has 0 aromatic carbocycles. The van der Waals surface area contributed by atoms with Crippen molar-refractivity contribution in [3.8, 4) is 0 Å². The van der Waals surface area contributed by atoms with Crippen molar-refractivity contribution in [3.63, 3.8) is 0 Å². The van der Waals surface area contributed by atoms with Crippen LogP contribution in [-0.2, 0) is 0 Å². The quantitative estimate of drug-likeness (QED) is 0.161. The second-order valence-electron chi connectivity index (χ2n) is 7.50. The highest BCUT2D eigenvalue weighted by atomic mass is 16.3. The number of unbranched alkanes of at least 4 members (excludes halogenated alkanes) is 1. The Hall–Kier alpha value is -1.22. The van der Waals surface area contributed by atoms with E-state index >= 15 is 0 Å². The molecule has 0 fully saturated rings. The topological polar surface area (TPSA) is 111 Å². The van der Waals surface area contributed by atoms with Gasteiger partial charge in [-0.2, -0.15) is 0 Å². The lowest BCUT2D eigenvalue weighted by molar-refractivity contribution is -0.901. The van der Waals surface area contributed by atoms with Crippen molar-refractivity contribution < 1.29 is 29.6 Å². The molecule has 0 heterocycles. The van der Waals surface area contributed by atoms with E-state index in [1.165, 1.54) is 0 Å². The molecular formula is C16H34N4O4. The van der Waals surface area contributed by atoms with Gasteiger partial charge in [0.2, 0.25) is 0 Å². The predicted molar refractivity (Wildman–Crippen MR) is 90.7 cm³/mol. The van der Waals surface area contributed by atoms with E-state index in [-0.39, 0.29) is 33.8 Å². The average molecular weight is 346 g/mol. The molecule has 24 heavy (non-hydrogen) atoms. The van der Waals surface area contributed by atoms with E-state index in [9.17, 15) is 20.4 Å². The zero-order valence-corrected chi connectivity index (χ0v) is 15.9. The molecule has 0 saturated heterocycles. The summed E-state index contributed by atoms with van der Waals surface area (Å²) in [4.78, 5) is 0. The molecule has 0 rings (SSSR count). The van der Waals surface area contributed by atoms with Crippen molar-refractivity contribution in [2.75, 3.05) is 41.3 Å².